The summed E-state index contributed by atoms with van der Waals surface area (Å²) in [6.45, 7) is 3.01. The van der Waals surface area contributed by atoms with E-state index in [4.69, 9.17) is 19.9 Å². The number of hydrogen-bond donors (Lipinski definition) is 1. The summed E-state index contributed by atoms with van der Waals surface area (Å²) >= 11 is 0. The van der Waals surface area contributed by atoms with Gasteiger partial charge in [0.25, 0.3) is 0 Å². The van der Waals surface area contributed by atoms with Crippen LogP contribution in [0.4, 0.5) is 0 Å². The molecule has 0 bridgehead atoms. The van der Waals surface area contributed by atoms with Crippen molar-refractivity contribution in [3.05, 3.63) is 48.0 Å². The molecule has 0 saturated carbocycles. The quantitative estimate of drug-likeness (QED) is 0.877. The van der Waals surface area contributed by atoms with E-state index in [0.29, 0.717) is 18.9 Å². The Bertz CT molecular complexity index is 552. The standard InChI is InChI=1S/C16H19NO3/c1-3-19-13-6-8-14(9-7-13)20-16-10-15(18-2)5-4-12(16)11-17/h4-10H,3,11,17H2,1-2H3. The Balaban J connectivity index is 2.19. The maximum atomic E-state index is 5.86. The van der Waals surface area contributed by atoms with Gasteiger partial charge in [0.15, 0.2) is 0 Å². The Kier molecular flexibility index (Phi) is 4.85. The van der Waals surface area contributed by atoms with Crippen LogP contribution in [-0.2, 0) is 6.54 Å². The Hall–Kier alpha value is -2.20. The molecule has 0 aliphatic carbocycles. The molecule has 2 aromatic rings. The van der Waals surface area contributed by atoms with Crippen molar-refractivity contribution in [2.45, 2.75) is 13.5 Å². The molecular formula is C16H19NO3. The minimum atomic E-state index is 0.413. The van der Waals surface area contributed by atoms with Crippen LogP contribution >= 0.6 is 0 Å². The second-order valence-electron chi connectivity index (χ2n) is 4.18. The largest absolute Gasteiger partial charge is 0.497 e. The van der Waals surface area contributed by atoms with Crippen LogP contribution in [0.1, 0.15) is 12.5 Å². The van der Waals surface area contributed by atoms with E-state index in [0.717, 1.165) is 22.8 Å². The van der Waals surface area contributed by atoms with Gasteiger partial charge >= 0.3 is 0 Å². The van der Waals surface area contributed by atoms with Gasteiger partial charge in [0.05, 0.1) is 13.7 Å². The van der Waals surface area contributed by atoms with Gasteiger partial charge in [0, 0.05) is 18.2 Å². The SMILES string of the molecule is CCOc1ccc(Oc2cc(OC)ccc2CN)cc1. The van der Waals surface area contributed by atoms with E-state index in [9.17, 15) is 0 Å². The van der Waals surface area contributed by atoms with Crippen molar-refractivity contribution in [1.82, 2.24) is 0 Å². The summed E-state index contributed by atoms with van der Waals surface area (Å²) in [7, 11) is 1.62. The summed E-state index contributed by atoms with van der Waals surface area (Å²) in [6.07, 6.45) is 0. The van der Waals surface area contributed by atoms with Crippen LogP contribution in [0.15, 0.2) is 42.5 Å². The molecular weight excluding hydrogens is 254 g/mol. The normalized spacial score (nSPS) is 10.2. The van der Waals surface area contributed by atoms with Crippen molar-refractivity contribution in [2.24, 2.45) is 5.73 Å². The first-order chi connectivity index (χ1) is 9.76. The lowest BCUT2D eigenvalue weighted by Crippen LogP contribution is -2.00. The van der Waals surface area contributed by atoms with Crippen LogP contribution in [-0.4, -0.2) is 13.7 Å². The van der Waals surface area contributed by atoms with Crippen molar-refractivity contribution in [1.29, 1.82) is 0 Å². The van der Waals surface area contributed by atoms with Gasteiger partial charge in [-0.25, -0.2) is 0 Å². The fourth-order valence-corrected chi connectivity index (χ4v) is 1.82. The first-order valence-corrected chi connectivity index (χ1v) is 6.54. The number of nitrogens with two attached hydrogens (primary N) is 1. The van der Waals surface area contributed by atoms with E-state index in [1.54, 1.807) is 7.11 Å². The molecule has 0 heterocycles. The van der Waals surface area contributed by atoms with Crippen molar-refractivity contribution in [2.75, 3.05) is 13.7 Å². The molecule has 0 unspecified atom stereocenters. The van der Waals surface area contributed by atoms with Crippen molar-refractivity contribution >= 4 is 0 Å². The summed E-state index contributed by atoms with van der Waals surface area (Å²) in [5, 5.41) is 0. The highest BCUT2D eigenvalue weighted by Gasteiger charge is 2.06. The highest BCUT2D eigenvalue weighted by Crippen LogP contribution is 2.30. The first-order valence-electron chi connectivity index (χ1n) is 6.54. The van der Waals surface area contributed by atoms with Crippen molar-refractivity contribution < 1.29 is 14.2 Å². The van der Waals surface area contributed by atoms with Crippen molar-refractivity contribution in [3.8, 4) is 23.0 Å². The van der Waals surface area contributed by atoms with Crippen LogP contribution < -0.4 is 19.9 Å². The lowest BCUT2D eigenvalue weighted by Gasteiger charge is -2.12. The number of methoxy groups -OCH3 is 1. The number of rotatable bonds is 6. The van der Waals surface area contributed by atoms with Gasteiger partial charge in [-0.1, -0.05) is 6.07 Å². The zero-order valence-corrected chi connectivity index (χ0v) is 11.8. The van der Waals surface area contributed by atoms with Gasteiger partial charge in [0.2, 0.25) is 0 Å². The van der Waals surface area contributed by atoms with Crippen LogP contribution in [0, 0.1) is 0 Å². The maximum Gasteiger partial charge on any atom is 0.135 e. The average Bonchev–Trinajstić information content (AvgIpc) is 2.49. The molecule has 0 spiro atoms. The molecule has 2 N–H and O–H groups in total. The molecule has 0 aliphatic rings. The summed E-state index contributed by atoms with van der Waals surface area (Å²) in [5.74, 6) is 3.00. The van der Waals surface area contributed by atoms with Gasteiger partial charge in [-0.2, -0.15) is 0 Å². The fourth-order valence-electron chi connectivity index (χ4n) is 1.82. The minimum absolute atomic E-state index is 0.413. The third kappa shape index (κ3) is 3.42. The second-order valence-corrected chi connectivity index (χ2v) is 4.18. The van der Waals surface area contributed by atoms with Gasteiger partial charge in [-0.3, -0.25) is 0 Å². The molecule has 4 heteroatoms. The second kappa shape index (κ2) is 6.82. The number of ether oxygens (including phenoxy) is 3. The first kappa shape index (κ1) is 14.2. The smallest absolute Gasteiger partial charge is 0.135 e. The minimum Gasteiger partial charge on any atom is -0.497 e. The van der Waals surface area contributed by atoms with Gasteiger partial charge in [0.1, 0.15) is 23.0 Å². The highest BCUT2D eigenvalue weighted by atomic mass is 16.5. The number of hydrogen-bond acceptors (Lipinski definition) is 4. The van der Waals surface area contributed by atoms with Crippen LogP contribution in [0.25, 0.3) is 0 Å². The number of benzene rings is 2. The molecule has 0 saturated heterocycles. The summed E-state index contributed by atoms with van der Waals surface area (Å²) in [5.41, 5.74) is 6.65. The Morgan fingerprint density at radius 2 is 1.60 bits per heavy atom. The van der Waals surface area contributed by atoms with Gasteiger partial charge < -0.3 is 19.9 Å². The van der Waals surface area contributed by atoms with E-state index in [1.807, 2.05) is 49.4 Å². The fraction of sp³-hybridized carbons (Fsp3) is 0.250. The molecule has 2 rings (SSSR count). The third-order valence-corrected chi connectivity index (χ3v) is 2.86. The molecule has 0 amide bonds. The molecule has 0 aromatic heterocycles. The molecule has 0 fully saturated rings. The summed E-state index contributed by atoms with van der Waals surface area (Å²) in [4.78, 5) is 0. The zero-order chi connectivity index (χ0) is 14.4. The molecule has 2 aromatic carbocycles. The lowest BCUT2D eigenvalue weighted by molar-refractivity contribution is 0.339. The molecule has 0 atom stereocenters. The van der Waals surface area contributed by atoms with Crippen LogP contribution in [0.2, 0.25) is 0 Å². The molecule has 4 nitrogen and oxygen atoms in total. The third-order valence-electron chi connectivity index (χ3n) is 2.86. The van der Waals surface area contributed by atoms with E-state index < -0.39 is 0 Å². The van der Waals surface area contributed by atoms with E-state index in [1.165, 1.54) is 0 Å². The molecule has 0 radical (unpaired) electrons. The Morgan fingerprint density at radius 3 is 2.20 bits per heavy atom. The zero-order valence-electron chi connectivity index (χ0n) is 11.8. The van der Waals surface area contributed by atoms with Crippen molar-refractivity contribution in [3.63, 3.8) is 0 Å². The van der Waals surface area contributed by atoms with Crippen LogP contribution in [0.5, 0.6) is 23.0 Å². The predicted octanol–water partition coefficient (Wildman–Crippen LogP) is 3.34. The summed E-state index contributed by atoms with van der Waals surface area (Å²) in [6, 6.07) is 13.1. The monoisotopic (exact) mass is 273 g/mol. The van der Waals surface area contributed by atoms with Gasteiger partial charge in [-0.15, -0.1) is 0 Å². The molecule has 0 aliphatic heterocycles. The Morgan fingerprint density at radius 1 is 0.950 bits per heavy atom. The maximum absolute atomic E-state index is 5.86. The molecule has 106 valence electrons. The molecule has 20 heavy (non-hydrogen) atoms. The Labute approximate surface area is 119 Å². The van der Waals surface area contributed by atoms with Gasteiger partial charge in [-0.05, 0) is 37.3 Å². The topological polar surface area (TPSA) is 53.7 Å². The van der Waals surface area contributed by atoms with E-state index >= 15 is 0 Å². The lowest BCUT2D eigenvalue weighted by atomic mass is 10.2. The highest BCUT2D eigenvalue weighted by molar-refractivity contribution is 5.44. The average molecular weight is 273 g/mol. The van der Waals surface area contributed by atoms with Crippen LogP contribution in [0.3, 0.4) is 0 Å². The van der Waals surface area contributed by atoms with E-state index in [-0.39, 0.29) is 0 Å². The predicted molar refractivity (Wildman–Crippen MR) is 78.6 cm³/mol. The van der Waals surface area contributed by atoms with E-state index in [2.05, 4.69) is 0 Å². The summed E-state index contributed by atoms with van der Waals surface area (Å²) < 4.78 is 16.5.